The monoisotopic (exact) mass is 279 g/mol. The SMILES string of the molecule is CC(C)COc1ccc(COC(=O)NC(C)(C)C)cc1. The van der Waals surface area contributed by atoms with E-state index in [0.717, 1.165) is 11.3 Å². The molecular weight excluding hydrogens is 254 g/mol. The summed E-state index contributed by atoms with van der Waals surface area (Å²) in [6.45, 7) is 10.9. The van der Waals surface area contributed by atoms with Crippen molar-refractivity contribution < 1.29 is 14.3 Å². The van der Waals surface area contributed by atoms with Crippen molar-refractivity contribution in [3.8, 4) is 5.75 Å². The molecule has 1 N–H and O–H groups in total. The van der Waals surface area contributed by atoms with Gasteiger partial charge >= 0.3 is 6.09 Å². The second-order valence-corrected chi connectivity index (χ2v) is 6.30. The summed E-state index contributed by atoms with van der Waals surface area (Å²) in [4.78, 5) is 11.5. The first kappa shape index (κ1) is 16.3. The number of alkyl carbamates (subject to hydrolysis) is 1. The van der Waals surface area contributed by atoms with Gasteiger partial charge in [-0.05, 0) is 44.4 Å². The second-order valence-electron chi connectivity index (χ2n) is 6.30. The number of carbonyl (C=O) groups excluding carboxylic acids is 1. The van der Waals surface area contributed by atoms with Gasteiger partial charge in [0, 0.05) is 5.54 Å². The van der Waals surface area contributed by atoms with E-state index in [2.05, 4.69) is 19.2 Å². The van der Waals surface area contributed by atoms with Gasteiger partial charge < -0.3 is 14.8 Å². The van der Waals surface area contributed by atoms with E-state index in [1.807, 2.05) is 45.0 Å². The van der Waals surface area contributed by atoms with E-state index < -0.39 is 6.09 Å². The van der Waals surface area contributed by atoms with Crippen LogP contribution in [0, 0.1) is 5.92 Å². The lowest BCUT2D eigenvalue weighted by Gasteiger charge is -2.20. The number of nitrogens with one attached hydrogen (secondary N) is 1. The Kier molecular flexibility index (Phi) is 5.86. The maximum absolute atomic E-state index is 11.5. The first-order chi connectivity index (χ1) is 9.26. The Labute approximate surface area is 121 Å². The third-order valence-corrected chi connectivity index (χ3v) is 2.35. The van der Waals surface area contributed by atoms with Crippen molar-refractivity contribution in [2.45, 2.75) is 46.8 Å². The van der Waals surface area contributed by atoms with E-state index in [1.54, 1.807) is 0 Å². The Morgan fingerprint density at radius 1 is 1.20 bits per heavy atom. The van der Waals surface area contributed by atoms with E-state index in [1.165, 1.54) is 0 Å². The van der Waals surface area contributed by atoms with Crippen LogP contribution in [-0.2, 0) is 11.3 Å². The number of benzene rings is 1. The Morgan fingerprint density at radius 3 is 2.30 bits per heavy atom. The van der Waals surface area contributed by atoms with Crippen molar-refractivity contribution in [1.82, 2.24) is 5.32 Å². The molecule has 0 aromatic heterocycles. The Bertz CT molecular complexity index is 418. The molecule has 0 heterocycles. The van der Waals surface area contributed by atoms with Crippen molar-refractivity contribution >= 4 is 6.09 Å². The number of amides is 1. The standard InChI is InChI=1S/C16H25NO3/c1-12(2)10-19-14-8-6-13(7-9-14)11-20-15(18)17-16(3,4)5/h6-9,12H,10-11H2,1-5H3,(H,17,18). The summed E-state index contributed by atoms with van der Waals surface area (Å²) in [5.74, 6) is 1.33. The number of hydrogen-bond acceptors (Lipinski definition) is 3. The first-order valence-electron chi connectivity index (χ1n) is 6.93. The van der Waals surface area contributed by atoms with Gasteiger partial charge in [-0.2, -0.15) is 0 Å². The topological polar surface area (TPSA) is 47.6 Å². The fraction of sp³-hybridized carbons (Fsp3) is 0.562. The highest BCUT2D eigenvalue weighted by atomic mass is 16.5. The van der Waals surface area contributed by atoms with E-state index in [9.17, 15) is 4.79 Å². The summed E-state index contributed by atoms with van der Waals surface area (Å²) in [5, 5.41) is 2.75. The van der Waals surface area contributed by atoms with Crippen LogP contribution < -0.4 is 10.1 Å². The molecule has 1 rings (SSSR count). The maximum Gasteiger partial charge on any atom is 0.407 e. The molecule has 0 bridgehead atoms. The fourth-order valence-corrected chi connectivity index (χ4v) is 1.44. The third-order valence-electron chi connectivity index (χ3n) is 2.35. The lowest BCUT2D eigenvalue weighted by Crippen LogP contribution is -2.40. The molecule has 20 heavy (non-hydrogen) atoms. The van der Waals surface area contributed by atoms with Gasteiger partial charge in [0.2, 0.25) is 0 Å². The van der Waals surface area contributed by atoms with Crippen LogP contribution in [0.2, 0.25) is 0 Å². The van der Waals surface area contributed by atoms with Crippen LogP contribution in [0.4, 0.5) is 4.79 Å². The molecule has 0 spiro atoms. The minimum absolute atomic E-state index is 0.256. The molecule has 0 aliphatic carbocycles. The largest absolute Gasteiger partial charge is 0.493 e. The highest BCUT2D eigenvalue weighted by Gasteiger charge is 2.14. The van der Waals surface area contributed by atoms with E-state index >= 15 is 0 Å². The Balaban J connectivity index is 2.40. The van der Waals surface area contributed by atoms with Gasteiger partial charge in [-0.25, -0.2) is 4.79 Å². The van der Waals surface area contributed by atoms with Gasteiger partial charge in [0.05, 0.1) is 6.61 Å². The van der Waals surface area contributed by atoms with Crippen molar-refractivity contribution in [2.75, 3.05) is 6.61 Å². The van der Waals surface area contributed by atoms with E-state index in [-0.39, 0.29) is 12.1 Å². The summed E-state index contributed by atoms with van der Waals surface area (Å²) in [7, 11) is 0. The summed E-state index contributed by atoms with van der Waals surface area (Å²) >= 11 is 0. The predicted molar refractivity (Wildman–Crippen MR) is 79.8 cm³/mol. The van der Waals surface area contributed by atoms with E-state index in [4.69, 9.17) is 9.47 Å². The second kappa shape index (κ2) is 7.17. The van der Waals surface area contributed by atoms with Gasteiger partial charge in [0.15, 0.2) is 0 Å². The van der Waals surface area contributed by atoms with Crippen LogP contribution in [0.25, 0.3) is 0 Å². The Morgan fingerprint density at radius 2 is 1.80 bits per heavy atom. The lowest BCUT2D eigenvalue weighted by molar-refractivity contribution is 0.131. The molecule has 1 aromatic carbocycles. The molecule has 0 fully saturated rings. The van der Waals surface area contributed by atoms with Crippen LogP contribution in [0.5, 0.6) is 5.75 Å². The number of rotatable bonds is 5. The molecule has 0 saturated carbocycles. The minimum atomic E-state index is -0.405. The molecule has 1 amide bonds. The third kappa shape index (κ3) is 7.02. The molecule has 4 heteroatoms. The average Bonchev–Trinajstić information content (AvgIpc) is 2.33. The first-order valence-corrected chi connectivity index (χ1v) is 6.93. The van der Waals surface area contributed by atoms with Crippen molar-refractivity contribution in [2.24, 2.45) is 5.92 Å². The average molecular weight is 279 g/mol. The van der Waals surface area contributed by atoms with Gasteiger partial charge in [0.25, 0.3) is 0 Å². The lowest BCUT2D eigenvalue weighted by atomic mass is 10.1. The molecule has 112 valence electrons. The summed E-state index contributed by atoms with van der Waals surface area (Å²) in [5.41, 5.74) is 0.650. The highest BCUT2D eigenvalue weighted by Crippen LogP contribution is 2.14. The molecule has 0 atom stereocenters. The van der Waals surface area contributed by atoms with Crippen LogP contribution in [-0.4, -0.2) is 18.2 Å². The number of carbonyl (C=O) groups is 1. The molecule has 0 aliphatic heterocycles. The maximum atomic E-state index is 11.5. The van der Waals surface area contributed by atoms with Crippen molar-refractivity contribution in [1.29, 1.82) is 0 Å². The zero-order chi connectivity index (χ0) is 15.2. The van der Waals surface area contributed by atoms with Crippen LogP contribution >= 0.6 is 0 Å². The summed E-state index contributed by atoms with van der Waals surface area (Å²) in [6, 6.07) is 7.59. The van der Waals surface area contributed by atoms with Crippen molar-refractivity contribution in [3.63, 3.8) is 0 Å². The molecule has 4 nitrogen and oxygen atoms in total. The zero-order valence-corrected chi connectivity index (χ0v) is 13.0. The van der Waals surface area contributed by atoms with Gasteiger partial charge in [0.1, 0.15) is 12.4 Å². The number of hydrogen-bond donors (Lipinski definition) is 1. The van der Waals surface area contributed by atoms with Gasteiger partial charge in [-0.3, -0.25) is 0 Å². The Hall–Kier alpha value is -1.71. The normalized spacial score (nSPS) is 11.3. The molecule has 0 saturated heterocycles. The molecule has 1 aromatic rings. The summed E-state index contributed by atoms with van der Waals surface area (Å²) in [6.07, 6.45) is -0.405. The van der Waals surface area contributed by atoms with Gasteiger partial charge in [-0.15, -0.1) is 0 Å². The molecule has 0 radical (unpaired) electrons. The summed E-state index contributed by atoms with van der Waals surface area (Å²) < 4.78 is 10.7. The fourth-order valence-electron chi connectivity index (χ4n) is 1.44. The highest BCUT2D eigenvalue weighted by molar-refractivity contribution is 5.68. The molecular formula is C16H25NO3. The predicted octanol–water partition coefficient (Wildman–Crippen LogP) is 3.75. The molecule has 0 unspecified atom stereocenters. The van der Waals surface area contributed by atoms with E-state index in [0.29, 0.717) is 12.5 Å². The smallest absolute Gasteiger partial charge is 0.407 e. The van der Waals surface area contributed by atoms with Crippen LogP contribution in [0.15, 0.2) is 24.3 Å². The van der Waals surface area contributed by atoms with Crippen LogP contribution in [0.3, 0.4) is 0 Å². The molecule has 0 aliphatic rings. The quantitative estimate of drug-likeness (QED) is 0.893. The van der Waals surface area contributed by atoms with Gasteiger partial charge in [-0.1, -0.05) is 26.0 Å². The zero-order valence-electron chi connectivity index (χ0n) is 13.0. The van der Waals surface area contributed by atoms with Crippen molar-refractivity contribution in [3.05, 3.63) is 29.8 Å². The number of ether oxygens (including phenoxy) is 2. The van der Waals surface area contributed by atoms with Crippen LogP contribution in [0.1, 0.15) is 40.2 Å². The minimum Gasteiger partial charge on any atom is -0.493 e.